The van der Waals surface area contributed by atoms with E-state index in [2.05, 4.69) is 32.1 Å². The SMILES string of the molecule is Nc1nc(C#CCC2CCN(C(=O)Oc3ccc(F)cc3)CC2)nc2c1ncn2[C@@H]1O[C@H](C(=O)NC2CC2)C(O)C1O. The van der Waals surface area contributed by atoms with Gasteiger partial charge >= 0.3 is 6.09 Å². The molecule has 3 aliphatic rings. The number of carbonyl (C=O) groups excluding carboxylic acids is 2. The van der Waals surface area contributed by atoms with Crippen LogP contribution in [0.1, 0.15) is 44.2 Å². The number of carbonyl (C=O) groups is 2. The number of nitrogen functional groups attached to an aromatic ring is 1. The maximum atomic E-state index is 13.1. The van der Waals surface area contributed by atoms with Gasteiger partial charge in [0.2, 0.25) is 5.82 Å². The van der Waals surface area contributed by atoms with E-state index in [1.807, 2.05) is 0 Å². The van der Waals surface area contributed by atoms with Crippen LogP contribution >= 0.6 is 0 Å². The van der Waals surface area contributed by atoms with E-state index in [9.17, 15) is 24.2 Å². The highest BCUT2D eigenvalue weighted by Gasteiger charge is 2.48. The van der Waals surface area contributed by atoms with Crippen LogP contribution < -0.4 is 15.8 Å². The third kappa shape index (κ3) is 5.85. The molecule has 13 nitrogen and oxygen atoms in total. The second kappa shape index (κ2) is 11.5. The molecule has 2 unspecified atom stereocenters. The average molecular weight is 580 g/mol. The Morgan fingerprint density at radius 3 is 2.57 bits per heavy atom. The summed E-state index contributed by atoms with van der Waals surface area (Å²) in [6.45, 7) is 1.02. The van der Waals surface area contributed by atoms with Crippen LogP contribution in [0.15, 0.2) is 30.6 Å². The van der Waals surface area contributed by atoms with Gasteiger partial charge in [-0.05, 0) is 61.8 Å². The zero-order valence-electron chi connectivity index (χ0n) is 22.5. The van der Waals surface area contributed by atoms with E-state index in [4.69, 9.17) is 15.2 Å². The smallest absolute Gasteiger partial charge is 0.410 e. The van der Waals surface area contributed by atoms with Gasteiger partial charge in [0.25, 0.3) is 5.91 Å². The molecule has 1 saturated carbocycles. The minimum atomic E-state index is -1.43. The Morgan fingerprint density at radius 1 is 1.12 bits per heavy atom. The number of nitrogens with zero attached hydrogens (tertiary/aromatic N) is 5. The lowest BCUT2D eigenvalue weighted by atomic mass is 9.94. The first-order chi connectivity index (χ1) is 20.3. The normalized spacial score (nSPS) is 24.3. The monoisotopic (exact) mass is 579 g/mol. The zero-order valence-corrected chi connectivity index (χ0v) is 22.5. The predicted molar refractivity (Wildman–Crippen MR) is 145 cm³/mol. The maximum absolute atomic E-state index is 13.1. The van der Waals surface area contributed by atoms with Gasteiger partial charge in [0, 0.05) is 25.6 Å². The van der Waals surface area contributed by atoms with Gasteiger partial charge in [-0.15, -0.1) is 0 Å². The lowest BCUT2D eigenvalue weighted by molar-refractivity contribution is -0.137. The first-order valence-electron chi connectivity index (χ1n) is 13.8. The number of hydrogen-bond acceptors (Lipinski definition) is 10. The number of nitrogens with two attached hydrogens (primary N) is 1. The molecule has 220 valence electrons. The molecule has 4 atom stereocenters. The highest BCUT2D eigenvalue weighted by Crippen LogP contribution is 2.33. The number of rotatable bonds is 5. The highest BCUT2D eigenvalue weighted by molar-refractivity contribution is 5.83. The summed E-state index contributed by atoms with van der Waals surface area (Å²) in [5, 5.41) is 23.9. The summed E-state index contributed by atoms with van der Waals surface area (Å²) < 4.78 is 25.6. The number of fused-ring (bicyclic) bond motifs is 1. The van der Waals surface area contributed by atoms with E-state index in [1.54, 1.807) is 4.90 Å². The second-order valence-corrected chi connectivity index (χ2v) is 10.7. The molecular formula is C28H30FN7O6. The van der Waals surface area contributed by atoms with E-state index in [1.165, 1.54) is 35.2 Å². The molecule has 5 N–H and O–H groups in total. The summed E-state index contributed by atoms with van der Waals surface area (Å²) >= 11 is 0. The fraction of sp³-hybridized carbons (Fsp3) is 0.464. The Morgan fingerprint density at radius 2 is 1.86 bits per heavy atom. The van der Waals surface area contributed by atoms with Crippen LogP contribution in [0.3, 0.4) is 0 Å². The van der Waals surface area contributed by atoms with Gasteiger partial charge in [-0.1, -0.05) is 5.92 Å². The number of halogens is 1. The second-order valence-electron chi connectivity index (χ2n) is 10.7. The Kier molecular flexibility index (Phi) is 7.63. The predicted octanol–water partition coefficient (Wildman–Crippen LogP) is 1.10. The van der Waals surface area contributed by atoms with Gasteiger partial charge in [0.15, 0.2) is 23.8 Å². The lowest BCUT2D eigenvalue weighted by Crippen LogP contribution is -2.43. The van der Waals surface area contributed by atoms with Crippen LogP contribution in [0.5, 0.6) is 5.75 Å². The number of imidazole rings is 1. The molecule has 2 saturated heterocycles. The van der Waals surface area contributed by atoms with Crippen molar-refractivity contribution in [1.82, 2.24) is 29.7 Å². The lowest BCUT2D eigenvalue weighted by Gasteiger charge is -2.30. The Labute approximate surface area is 239 Å². The van der Waals surface area contributed by atoms with Crippen molar-refractivity contribution in [3.05, 3.63) is 42.2 Å². The molecule has 42 heavy (non-hydrogen) atoms. The first-order valence-corrected chi connectivity index (χ1v) is 13.8. The van der Waals surface area contributed by atoms with Crippen molar-refractivity contribution in [3.8, 4) is 17.6 Å². The number of aliphatic hydroxyl groups excluding tert-OH is 2. The van der Waals surface area contributed by atoms with Gasteiger partial charge in [0.05, 0.1) is 6.33 Å². The van der Waals surface area contributed by atoms with E-state index < -0.39 is 42.4 Å². The number of ether oxygens (including phenoxy) is 2. The van der Waals surface area contributed by atoms with Crippen molar-refractivity contribution in [2.24, 2.45) is 5.92 Å². The van der Waals surface area contributed by atoms with E-state index >= 15 is 0 Å². The first kappa shape index (κ1) is 27.8. The van der Waals surface area contributed by atoms with Crippen LogP contribution in [-0.4, -0.2) is 84.1 Å². The molecular weight excluding hydrogens is 549 g/mol. The van der Waals surface area contributed by atoms with Gasteiger partial charge in [-0.2, -0.15) is 0 Å². The Hall–Kier alpha value is -4.32. The molecule has 1 aromatic carbocycles. The van der Waals surface area contributed by atoms with Crippen molar-refractivity contribution in [2.45, 2.75) is 62.7 Å². The van der Waals surface area contributed by atoms with Gasteiger partial charge in [-0.3, -0.25) is 9.36 Å². The van der Waals surface area contributed by atoms with Gasteiger partial charge in [-0.25, -0.2) is 24.1 Å². The largest absolute Gasteiger partial charge is 0.415 e. The standard InChI is InChI=1S/C28H30FN7O6/c29-16-4-8-18(9-5-16)41-28(40)35-12-10-15(11-13-35)2-1-3-19-33-24(30)20-25(34-19)36(14-31-20)27-22(38)21(37)23(42-27)26(39)32-17-6-7-17/h4-5,8-9,14-15,17,21-23,27,37-38H,2,6-7,10-13H2,(H,32,39)(H2,30,33,34)/t21?,22?,23-,27+/m0/s1. The minimum absolute atomic E-state index is 0.0733. The highest BCUT2D eigenvalue weighted by atomic mass is 19.1. The average Bonchev–Trinajstić information content (AvgIpc) is 3.61. The quantitative estimate of drug-likeness (QED) is 0.320. The topological polar surface area (TPSA) is 178 Å². The number of piperidine rings is 1. The summed E-state index contributed by atoms with van der Waals surface area (Å²) in [5.41, 5.74) is 6.63. The molecule has 3 fully saturated rings. The zero-order chi connectivity index (χ0) is 29.4. The molecule has 0 radical (unpaired) electrons. The van der Waals surface area contributed by atoms with Crippen molar-refractivity contribution < 1.29 is 33.7 Å². The summed E-state index contributed by atoms with van der Waals surface area (Å²) in [6, 6.07) is 5.36. The number of nitrogens with one attached hydrogen (secondary N) is 1. The fourth-order valence-electron chi connectivity index (χ4n) is 5.06. The van der Waals surface area contributed by atoms with Crippen LogP contribution in [0.4, 0.5) is 15.0 Å². The third-order valence-corrected chi connectivity index (χ3v) is 7.63. The van der Waals surface area contributed by atoms with E-state index in [-0.39, 0.29) is 40.5 Å². The molecule has 1 aliphatic carbocycles. The maximum Gasteiger partial charge on any atom is 0.415 e. The number of hydrogen-bond donors (Lipinski definition) is 4. The van der Waals surface area contributed by atoms with Crippen molar-refractivity contribution in [3.63, 3.8) is 0 Å². The van der Waals surface area contributed by atoms with Crippen molar-refractivity contribution >= 4 is 29.0 Å². The number of anilines is 1. The summed E-state index contributed by atoms with van der Waals surface area (Å²) in [4.78, 5) is 39.4. The molecule has 3 aromatic rings. The Balaban J connectivity index is 1.08. The Bertz CT molecular complexity index is 1540. The number of aromatic nitrogens is 4. The molecule has 14 heteroatoms. The van der Waals surface area contributed by atoms with Gasteiger partial charge < -0.3 is 35.6 Å². The summed E-state index contributed by atoms with van der Waals surface area (Å²) in [5.74, 6) is 5.92. The summed E-state index contributed by atoms with van der Waals surface area (Å²) in [7, 11) is 0. The minimum Gasteiger partial charge on any atom is -0.410 e. The molecule has 2 aromatic heterocycles. The van der Waals surface area contributed by atoms with Crippen LogP contribution in [0.25, 0.3) is 11.2 Å². The van der Waals surface area contributed by atoms with Crippen LogP contribution in [-0.2, 0) is 9.53 Å². The summed E-state index contributed by atoms with van der Waals surface area (Å²) in [6.07, 6.45) is -0.528. The fourth-order valence-corrected chi connectivity index (χ4v) is 5.06. The number of benzene rings is 1. The third-order valence-electron chi connectivity index (χ3n) is 7.63. The van der Waals surface area contributed by atoms with E-state index in [0.717, 1.165) is 25.7 Å². The number of likely N-dealkylation sites (tertiary alicyclic amines) is 1. The molecule has 0 spiro atoms. The molecule has 0 bridgehead atoms. The number of amides is 2. The van der Waals surface area contributed by atoms with Crippen molar-refractivity contribution in [1.29, 1.82) is 0 Å². The van der Waals surface area contributed by atoms with Crippen LogP contribution in [0.2, 0.25) is 0 Å². The van der Waals surface area contributed by atoms with Crippen molar-refractivity contribution in [2.75, 3.05) is 18.8 Å². The molecule has 4 heterocycles. The molecule has 2 aliphatic heterocycles. The molecule has 2 amide bonds. The molecule has 6 rings (SSSR count). The number of aliphatic hydroxyl groups is 2. The van der Waals surface area contributed by atoms with E-state index in [0.29, 0.717) is 19.5 Å². The van der Waals surface area contributed by atoms with Crippen LogP contribution in [0, 0.1) is 23.6 Å². The van der Waals surface area contributed by atoms with Gasteiger partial charge in [0.1, 0.15) is 29.3 Å².